The van der Waals surface area contributed by atoms with Crippen LogP contribution < -0.4 is 0 Å². The molecule has 4 heterocycles. The summed E-state index contributed by atoms with van der Waals surface area (Å²) in [5.41, 5.74) is 1.53. The Morgan fingerprint density at radius 1 is 1.23 bits per heavy atom. The molecule has 0 saturated carbocycles. The summed E-state index contributed by atoms with van der Waals surface area (Å²) < 4.78 is 37.3. The Hall–Kier alpha value is -1.65. The van der Waals surface area contributed by atoms with E-state index in [0.29, 0.717) is 5.91 Å². The van der Waals surface area contributed by atoms with Crippen LogP contribution in [0.15, 0.2) is 16.8 Å². The molecule has 168 valence electrons. The second kappa shape index (κ2) is 9.65. The van der Waals surface area contributed by atoms with Crippen molar-refractivity contribution in [1.29, 1.82) is 0 Å². The zero-order chi connectivity index (χ0) is 21.8. The lowest BCUT2D eigenvalue weighted by Crippen LogP contribution is -2.45. The van der Waals surface area contributed by atoms with Crippen molar-refractivity contribution < 1.29 is 32.6 Å². The SMILES string of the molecule is O=C(C1CN(Cc2ccsc2)CC12CCOCC2)N1CCCC1.O=C(O)C(F)(F)F. The molecule has 30 heavy (non-hydrogen) atoms. The highest BCUT2D eigenvalue weighted by molar-refractivity contribution is 7.07. The lowest BCUT2D eigenvalue weighted by Gasteiger charge is -2.38. The Labute approximate surface area is 177 Å². The van der Waals surface area contributed by atoms with E-state index in [-0.39, 0.29) is 11.3 Å². The Bertz CT molecular complexity index is 714. The summed E-state index contributed by atoms with van der Waals surface area (Å²) in [6.45, 7) is 6.52. The Balaban J connectivity index is 0.000000318. The molecular weight excluding hydrogens is 421 g/mol. The van der Waals surface area contributed by atoms with Crippen molar-refractivity contribution >= 4 is 23.2 Å². The normalized spacial score (nSPS) is 24.0. The minimum absolute atomic E-state index is 0.147. The minimum atomic E-state index is -5.08. The van der Waals surface area contributed by atoms with Crippen molar-refractivity contribution in [3.05, 3.63) is 22.4 Å². The molecule has 3 fully saturated rings. The first-order valence-electron chi connectivity index (χ1n) is 10.1. The van der Waals surface area contributed by atoms with Crippen molar-refractivity contribution in [2.75, 3.05) is 39.4 Å². The number of aliphatic carboxylic acids is 1. The van der Waals surface area contributed by atoms with Gasteiger partial charge in [-0.05, 0) is 48.1 Å². The molecule has 0 bridgehead atoms. The standard InChI is InChI=1S/C18H26N2O2S.C2HF3O2/c21-17(20-6-1-2-7-20)16-12-19(11-15-3-10-23-13-15)14-18(16)4-8-22-9-5-18;3-2(4,5)1(6)7/h3,10,13,16H,1-2,4-9,11-12,14H2;(H,6,7). The average molecular weight is 449 g/mol. The Kier molecular flexibility index (Phi) is 7.41. The summed E-state index contributed by atoms with van der Waals surface area (Å²) >= 11 is 1.76. The van der Waals surface area contributed by atoms with Gasteiger partial charge in [0.2, 0.25) is 5.91 Å². The molecular formula is C20H27F3N2O4S. The van der Waals surface area contributed by atoms with E-state index in [1.54, 1.807) is 11.3 Å². The molecule has 1 aromatic rings. The topological polar surface area (TPSA) is 70.1 Å². The summed E-state index contributed by atoms with van der Waals surface area (Å²) in [6, 6.07) is 2.21. The van der Waals surface area contributed by atoms with Crippen LogP contribution >= 0.6 is 11.3 Å². The third-order valence-electron chi connectivity index (χ3n) is 6.15. The van der Waals surface area contributed by atoms with Crippen LogP contribution in [0.3, 0.4) is 0 Å². The quantitative estimate of drug-likeness (QED) is 0.769. The smallest absolute Gasteiger partial charge is 0.475 e. The van der Waals surface area contributed by atoms with Gasteiger partial charge in [0.25, 0.3) is 0 Å². The fourth-order valence-corrected chi connectivity index (χ4v) is 5.28. The van der Waals surface area contributed by atoms with Gasteiger partial charge in [0.15, 0.2) is 0 Å². The van der Waals surface area contributed by atoms with Crippen LogP contribution in [0.25, 0.3) is 0 Å². The number of halogens is 3. The summed E-state index contributed by atoms with van der Waals surface area (Å²) in [5.74, 6) is -2.17. The van der Waals surface area contributed by atoms with E-state index >= 15 is 0 Å². The predicted octanol–water partition coefficient (Wildman–Crippen LogP) is 3.23. The molecule has 6 nitrogen and oxygen atoms in total. The zero-order valence-corrected chi connectivity index (χ0v) is 17.5. The van der Waals surface area contributed by atoms with Gasteiger partial charge in [0.05, 0.1) is 5.92 Å². The van der Waals surface area contributed by atoms with Gasteiger partial charge in [-0.3, -0.25) is 9.69 Å². The number of carboxylic acid groups (broad SMARTS) is 1. The summed E-state index contributed by atoms with van der Waals surface area (Å²) in [4.78, 5) is 26.7. The number of nitrogens with zero attached hydrogens (tertiary/aromatic N) is 2. The van der Waals surface area contributed by atoms with Gasteiger partial charge in [0.1, 0.15) is 0 Å². The number of likely N-dealkylation sites (tertiary alicyclic amines) is 2. The molecule has 1 unspecified atom stereocenters. The van der Waals surface area contributed by atoms with Gasteiger partial charge in [-0.2, -0.15) is 24.5 Å². The molecule has 0 aromatic carbocycles. The van der Waals surface area contributed by atoms with Crippen molar-refractivity contribution in [1.82, 2.24) is 9.80 Å². The van der Waals surface area contributed by atoms with Gasteiger partial charge >= 0.3 is 12.1 Å². The van der Waals surface area contributed by atoms with Gasteiger partial charge in [-0.1, -0.05) is 0 Å². The first kappa shape index (κ1) is 23.0. The van der Waals surface area contributed by atoms with Crippen LogP contribution in [-0.2, 0) is 20.9 Å². The number of rotatable bonds is 3. The second-order valence-corrected chi connectivity index (χ2v) is 8.94. The third kappa shape index (κ3) is 5.53. The van der Waals surface area contributed by atoms with Crippen LogP contribution in [-0.4, -0.2) is 72.4 Å². The number of thiophene rings is 1. The fraction of sp³-hybridized carbons (Fsp3) is 0.700. The highest BCUT2D eigenvalue weighted by Gasteiger charge is 2.51. The number of ether oxygens (including phenoxy) is 1. The number of hydrogen-bond acceptors (Lipinski definition) is 5. The van der Waals surface area contributed by atoms with E-state index < -0.39 is 12.1 Å². The van der Waals surface area contributed by atoms with Gasteiger partial charge in [0, 0.05) is 51.4 Å². The molecule has 10 heteroatoms. The predicted molar refractivity (Wildman–Crippen MR) is 105 cm³/mol. The lowest BCUT2D eigenvalue weighted by molar-refractivity contribution is -0.192. The Morgan fingerprint density at radius 2 is 1.87 bits per heavy atom. The molecule has 3 aliphatic heterocycles. The highest BCUT2D eigenvalue weighted by Crippen LogP contribution is 2.45. The first-order valence-corrected chi connectivity index (χ1v) is 11.1. The summed E-state index contributed by atoms with van der Waals surface area (Å²) in [6.07, 6.45) is -0.658. The van der Waals surface area contributed by atoms with Crippen LogP contribution in [0.5, 0.6) is 0 Å². The van der Waals surface area contributed by atoms with Crippen molar-refractivity contribution in [2.45, 2.75) is 38.4 Å². The maximum atomic E-state index is 13.1. The van der Waals surface area contributed by atoms with Gasteiger partial charge in [-0.25, -0.2) is 4.79 Å². The first-order chi connectivity index (χ1) is 14.2. The van der Waals surface area contributed by atoms with Gasteiger partial charge in [-0.15, -0.1) is 0 Å². The zero-order valence-electron chi connectivity index (χ0n) is 16.7. The molecule has 4 rings (SSSR count). The average Bonchev–Trinajstić information content (AvgIpc) is 3.44. The molecule has 1 amide bonds. The molecule has 0 radical (unpaired) electrons. The molecule has 3 aliphatic rings. The largest absolute Gasteiger partial charge is 0.490 e. The monoisotopic (exact) mass is 448 g/mol. The highest BCUT2D eigenvalue weighted by atomic mass is 32.1. The van der Waals surface area contributed by atoms with E-state index in [1.165, 1.54) is 18.4 Å². The lowest BCUT2D eigenvalue weighted by atomic mass is 9.71. The Morgan fingerprint density at radius 3 is 2.40 bits per heavy atom. The molecule has 1 aromatic heterocycles. The summed E-state index contributed by atoms with van der Waals surface area (Å²) in [5, 5.41) is 11.5. The van der Waals surface area contributed by atoms with Crippen LogP contribution in [0.4, 0.5) is 13.2 Å². The maximum Gasteiger partial charge on any atom is 0.490 e. The molecule has 1 N–H and O–H groups in total. The van der Waals surface area contributed by atoms with Crippen LogP contribution in [0.2, 0.25) is 0 Å². The van der Waals surface area contributed by atoms with Crippen molar-refractivity contribution in [2.24, 2.45) is 11.3 Å². The summed E-state index contributed by atoms with van der Waals surface area (Å²) in [7, 11) is 0. The molecule has 0 aliphatic carbocycles. The second-order valence-electron chi connectivity index (χ2n) is 8.16. The maximum absolute atomic E-state index is 13.1. The van der Waals surface area contributed by atoms with E-state index in [4.69, 9.17) is 14.6 Å². The molecule has 3 saturated heterocycles. The van der Waals surface area contributed by atoms with Crippen molar-refractivity contribution in [3.8, 4) is 0 Å². The number of carbonyl (C=O) groups is 2. The van der Waals surface area contributed by atoms with E-state index in [0.717, 1.165) is 58.8 Å². The number of amides is 1. The van der Waals surface area contributed by atoms with E-state index in [2.05, 4.69) is 26.6 Å². The van der Waals surface area contributed by atoms with Gasteiger partial charge < -0.3 is 14.7 Å². The molecule has 1 spiro atoms. The van der Waals surface area contributed by atoms with Crippen molar-refractivity contribution in [3.63, 3.8) is 0 Å². The number of alkyl halides is 3. The van der Waals surface area contributed by atoms with Crippen LogP contribution in [0.1, 0.15) is 31.2 Å². The van der Waals surface area contributed by atoms with Crippen LogP contribution in [0, 0.1) is 11.3 Å². The number of hydrogen-bond donors (Lipinski definition) is 1. The van der Waals surface area contributed by atoms with E-state index in [1.807, 2.05) is 0 Å². The minimum Gasteiger partial charge on any atom is -0.475 e. The van der Waals surface area contributed by atoms with E-state index in [9.17, 15) is 18.0 Å². The molecule has 1 atom stereocenters. The number of carboxylic acids is 1. The third-order valence-corrected chi connectivity index (χ3v) is 6.88. The fourth-order valence-electron chi connectivity index (χ4n) is 4.62. The number of carbonyl (C=O) groups excluding carboxylic acids is 1.